The van der Waals surface area contributed by atoms with Gasteiger partial charge in [-0.3, -0.25) is 19.1 Å². The van der Waals surface area contributed by atoms with Gasteiger partial charge in [0.2, 0.25) is 11.9 Å². The summed E-state index contributed by atoms with van der Waals surface area (Å²) in [5.74, 6) is 1.14. The van der Waals surface area contributed by atoms with Crippen molar-refractivity contribution >= 4 is 46.1 Å². The second kappa shape index (κ2) is 12.0. The van der Waals surface area contributed by atoms with Gasteiger partial charge in [0.1, 0.15) is 17.1 Å². The number of pyridine rings is 1. The van der Waals surface area contributed by atoms with Crippen molar-refractivity contribution in [1.82, 2.24) is 24.3 Å². The Kier molecular flexibility index (Phi) is 8.92. The van der Waals surface area contributed by atoms with Crippen molar-refractivity contribution in [2.24, 2.45) is 5.92 Å². The van der Waals surface area contributed by atoms with E-state index in [1.807, 2.05) is 7.05 Å². The quantitative estimate of drug-likeness (QED) is 0.352. The van der Waals surface area contributed by atoms with E-state index in [-0.39, 0.29) is 45.1 Å². The second-order valence-electron chi connectivity index (χ2n) is 10.1. The maximum atomic E-state index is 14.3. The number of likely N-dealkylation sites (tertiary alicyclic amines) is 1. The van der Waals surface area contributed by atoms with Gasteiger partial charge in [-0.1, -0.05) is 43.6 Å². The molecular formula is C28H34Cl2N6O4. The summed E-state index contributed by atoms with van der Waals surface area (Å²) >= 11 is 13.4. The Bertz CT molecular complexity index is 1470. The van der Waals surface area contributed by atoms with Gasteiger partial charge in [-0.25, -0.2) is 4.98 Å². The Morgan fingerprint density at radius 1 is 1.23 bits per heavy atom. The zero-order valence-corrected chi connectivity index (χ0v) is 25.0. The first kappa shape index (κ1) is 29.6. The molecule has 0 radical (unpaired) electrons. The van der Waals surface area contributed by atoms with Crippen LogP contribution in [0.1, 0.15) is 13.8 Å². The van der Waals surface area contributed by atoms with Gasteiger partial charge in [0, 0.05) is 62.0 Å². The number of ether oxygens (including phenoxy) is 2. The zero-order chi connectivity index (χ0) is 29.3. The van der Waals surface area contributed by atoms with Gasteiger partial charge in [-0.05, 0) is 25.1 Å². The van der Waals surface area contributed by atoms with Crippen LogP contribution in [0, 0.1) is 5.92 Å². The molecule has 1 atom stereocenters. The Hall–Kier alpha value is -3.34. The summed E-state index contributed by atoms with van der Waals surface area (Å²) in [6.07, 6.45) is 2.99. The van der Waals surface area contributed by atoms with Crippen molar-refractivity contribution in [3.63, 3.8) is 0 Å². The lowest BCUT2D eigenvalue weighted by atomic mass is 9.97. The Morgan fingerprint density at radius 2 is 1.85 bits per heavy atom. The first-order valence-electron chi connectivity index (χ1n) is 12.9. The Labute approximate surface area is 243 Å². The van der Waals surface area contributed by atoms with Gasteiger partial charge in [0.05, 0.1) is 29.8 Å². The molecule has 1 fully saturated rings. The van der Waals surface area contributed by atoms with Gasteiger partial charge in [0.15, 0.2) is 0 Å². The van der Waals surface area contributed by atoms with E-state index in [9.17, 15) is 9.59 Å². The van der Waals surface area contributed by atoms with Crippen LogP contribution in [0.2, 0.25) is 10.0 Å². The van der Waals surface area contributed by atoms with Crippen LogP contribution >= 0.6 is 23.2 Å². The van der Waals surface area contributed by atoms with E-state index in [0.29, 0.717) is 53.7 Å². The van der Waals surface area contributed by atoms with E-state index in [4.69, 9.17) is 32.7 Å². The van der Waals surface area contributed by atoms with Gasteiger partial charge >= 0.3 is 0 Å². The predicted octanol–water partition coefficient (Wildman–Crippen LogP) is 4.18. The third-order valence-corrected chi connectivity index (χ3v) is 8.23. The van der Waals surface area contributed by atoms with Crippen LogP contribution in [0.5, 0.6) is 11.5 Å². The van der Waals surface area contributed by atoms with Crippen LogP contribution in [0.15, 0.2) is 35.8 Å². The van der Waals surface area contributed by atoms with Gasteiger partial charge in [-0.2, -0.15) is 4.98 Å². The number of nitrogens with zero attached hydrogens (tertiary/aromatic N) is 5. The number of likely N-dealkylation sites (N-methyl/N-ethyl adjacent to an activating group) is 1. The number of aromatic nitrogens is 3. The molecule has 0 spiro atoms. The lowest BCUT2D eigenvalue weighted by Gasteiger charge is -2.47. The van der Waals surface area contributed by atoms with Crippen LogP contribution in [0.4, 0.5) is 5.95 Å². The highest BCUT2D eigenvalue weighted by Gasteiger charge is 2.36. The normalized spacial score (nSPS) is 14.4. The molecule has 1 N–H and O–H groups in total. The minimum atomic E-state index is -0.316. The molecule has 10 nitrogen and oxygen atoms in total. The van der Waals surface area contributed by atoms with E-state index in [2.05, 4.69) is 40.6 Å². The van der Waals surface area contributed by atoms with Crippen molar-refractivity contribution in [3.8, 4) is 22.6 Å². The molecule has 0 aliphatic carbocycles. The minimum absolute atomic E-state index is 0.0547. The number of benzene rings is 1. The summed E-state index contributed by atoms with van der Waals surface area (Å²) in [5, 5.41) is 3.98. The largest absolute Gasteiger partial charge is 0.495 e. The fraction of sp³-hybridized carbons (Fsp3) is 0.429. The highest BCUT2D eigenvalue weighted by atomic mass is 35.5. The Balaban J connectivity index is 1.88. The molecule has 1 saturated heterocycles. The molecule has 12 heteroatoms. The number of rotatable bonds is 10. The average molecular weight is 590 g/mol. The highest BCUT2D eigenvalue weighted by molar-refractivity contribution is 6.41. The Morgan fingerprint density at radius 3 is 2.38 bits per heavy atom. The lowest BCUT2D eigenvalue weighted by molar-refractivity contribution is -0.133. The zero-order valence-electron chi connectivity index (χ0n) is 23.5. The summed E-state index contributed by atoms with van der Waals surface area (Å²) in [6, 6.07) is 3.37. The van der Waals surface area contributed by atoms with Gasteiger partial charge < -0.3 is 19.7 Å². The molecule has 40 heavy (non-hydrogen) atoms. The number of carbonyl (C=O) groups excluding carboxylic acids is 1. The molecule has 4 rings (SSSR count). The molecule has 3 aromatic rings. The molecule has 1 unspecified atom stereocenters. The van der Waals surface area contributed by atoms with Gasteiger partial charge in [-0.15, -0.1) is 0 Å². The molecule has 1 aliphatic rings. The first-order chi connectivity index (χ1) is 19.1. The van der Waals surface area contributed by atoms with E-state index < -0.39 is 0 Å². The first-order valence-corrected chi connectivity index (χ1v) is 13.6. The van der Waals surface area contributed by atoms with Crippen LogP contribution in [-0.2, 0) is 11.3 Å². The molecule has 2 aromatic heterocycles. The number of fused-ring (bicyclic) bond motifs is 1. The molecule has 0 bridgehead atoms. The van der Waals surface area contributed by atoms with Crippen LogP contribution in [-0.4, -0.2) is 83.7 Å². The number of hydrogen-bond acceptors (Lipinski definition) is 8. The molecule has 0 saturated carbocycles. The molecule has 1 aromatic carbocycles. The molecule has 1 aliphatic heterocycles. The molecule has 214 valence electrons. The van der Waals surface area contributed by atoms with Crippen molar-refractivity contribution < 1.29 is 14.3 Å². The number of amides is 1. The van der Waals surface area contributed by atoms with Crippen LogP contribution in [0.3, 0.4) is 0 Å². The smallest absolute Gasteiger partial charge is 0.260 e. The standard InChI is InChI=1S/C28H34Cl2N6O4/c1-8-22(37)35-12-17(13-35)34(5)19(15(2)3)14-36-26-16(11-32-28(31-4)33-26)9-18(27(36)38)23-24(29)20(39-6)10-21(40-7)25(23)30/h8-11,15,17,19H,1,12-14H2,2-7H3,(H,31,32,33). The second-order valence-corrected chi connectivity index (χ2v) is 10.8. The molecular weight excluding hydrogens is 555 g/mol. The maximum Gasteiger partial charge on any atom is 0.260 e. The maximum absolute atomic E-state index is 14.3. The fourth-order valence-electron chi connectivity index (χ4n) is 5.04. The SMILES string of the molecule is C=CC(=O)N1CC(N(C)C(Cn2c(=O)c(-c3c(Cl)c(OC)cc(OC)c3Cl)cc3cnc(NC)nc32)C(C)C)C1. The van der Waals surface area contributed by atoms with Crippen LogP contribution < -0.4 is 20.3 Å². The number of halogens is 2. The van der Waals surface area contributed by atoms with Crippen molar-refractivity contribution in [3.05, 3.63) is 51.4 Å². The summed E-state index contributed by atoms with van der Waals surface area (Å²) < 4.78 is 12.5. The minimum Gasteiger partial charge on any atom is -0.495 e. The third kappa shape index (κ3) is 5.35. The third-order valence-electron chi connectivity index (χ3n) is 7.48. The summed E-state index contributed by atoms with van der Waals surface area (Å²) in [4.78, 5) is 39.3. The summed E-state index contributed by atoms with van der Waals surface area (Å²) in [6.45, 7) is 9.33. The van der Waals surface area contributed by atoms with E-state index in [1.165, 1.54) is 20.3 Å². The highest BCUT2D eigenvalue weighted by Crippen LogP contribution is 2.45. The van der Waals surface area contributed by atoms with Crippen molar-refractivity contribution in [2.45, 2.75) is 32.5 Å². The number of nitrogens with one attached hydrogen (secondary N) is 1. The topological polar surface area (TPSA) is 102 Å². The predicted molar refractivity (Wildman–Crippen MR) is 159 cm³/mol. The number of methoxy groups -OCH3 is 2. The molecule has 1 amide bonds. The van der Waals surface area contributed by atoms with Crippen molar-refractivity contribution in [1.29, 1.82) is 0 Å². The van der Waals surface area contributed by atoms with E-state index in [0.717, 1.165) is 0 Å². The van der Waals surface area contributed by atoms with E-state index >= 15 is 0 Å². The fourth-order valence-corrected chi connectivity index (χ4v) is 5.74. The lowest BCUT2D eigenvalue weighted by Crippen LogP contribution is -2.63. The van der Waals surface area contributed by atoms with Crippen molar-refractivity contribution in [2.75, 3.05) is 46.7 Å². The summed E-state index contributed by atoms with van der Waals surface area (Å²) in [5.41, 5.74) is 0.747. The molecule has 3 heterocycles. The number of anilines is 1. The number of hydrogen-bond donors (Lipinski definition) is 1. The van der Waals surface area contributed by atoms with Crippen LogP contribution in [0.25, 0.3) is 22.2 Å². The monoisotopic (exact) mass is 588 g/mol. The number of carbonyl (C=O) groups is 1. The average Bonchev–Trinajstić information content (AvgIpc) is 2.91. The van der Waals surface area contributed by atoms with Gasteiger partial charge in [0.25, 0.3) is 5.56 Å². The van der Waals surface area contributed by atoms with E-state index in [1.54, 1.807) is 34.8 Å². The summed E-state index contributed by atoms with van der Waals surface area (Å²) in [7, 11) is 6.71.